The summed E-state index contributed by atoms with van der Waals surface area (Å²) in [7, 11) is 1.97. The van der Waals surface area contributed by atoms with Crippen molar-refractivity contribution in [2.24, 2.45) is 0 Å². The molecular formula is C12H14F3NO. The van der Waals surface area contributed by atoms with E-state index in [9.17, 15) is 13.2 Å². The van der Waals surface area contributed by atoms with E-state index in [1.54, 1.807) is 6.07 Å². The van der Waals surface area contributed by atoms with Crippen molar-refractivity contribution >= 4 is 0 Å². The quantitative estimate of drug-likeness (QED) is 0.794. The zero-order chi connectivity index (χ0) is 12.5. The third-order valence-corrected chi connectivity index (χ3v) is 2.81. The number of ether oxygens (including phenoxy) is 1. The highest BCUT2D eigenvalue weighted by atomic mass is 19.4. The molecule has 17 heavy (non-hydrogen) atoms. The molecule has 5 heteroatoms. The summed E-state index contributed by atoms with van der Waals surface area (Å²) in [5.41, 5.74) is -0.665. The molecule has 1 aromatic carbocycles. The molecule has 1 fully saturated rings. The minimum absolute atomic E-state index is 0.0107. The number of benzene rings is 1. The summed E-state index contributed by atoms with van der Waals surface area (Å²) in [5, 5.41) is 0. The van der Waals surface area contributed by atoms with Gasteiger partial charge in [0.15, 0.2) is 0 Å². The van der Waals surface area contributed by atoms with Crippen LogP contribution in [0.2, 0.25) is 0 Å². The molecule has 0 aromatic heterocycles. The van der Waals surface area contributed by atoms with Gasteiger partial charge in [-0.1, -0.05) is 6.07 Å². The molecule has 0 spiro atoms. The lowest BCUT2D eigenvalue weighted by Gasteiger charge is -2.15. The Morgan fingerprint density at radius 1 is 1.35 bits per heavy atom. The average Bonchev–Trinajstić information content (AvgIpc) is 2.63. The number of hydrogen-bond donors (Lipinski definition) is 0. The largest absolute Gasteiger partial charge is 0.489 e. The van der Waals surface area contributed by atoms with Gasteiger partial charge in [0.2, 0.25) is 0 Å². The number of halogens is 3. The van der Waals surface area contributed by atoms with Crippen molar-refractivity contribution in [1.29, 1.82) is 0 Å². The van der Waals surface area contributed by atoms with Crippen LogP contribution in [0.15, 0.2) is 24.3 Å². The maximum Gasteiger partial charge on any atom is 0.416 e. The molecule has 1 saturated heterocycles. The smallest absolute Gasteiger partial charge is 0.416 e. The second kappa shape index (κ2) is 4.56. The Labute approximate surface area is 98.0 Å². The van der Waals surface area contributed by atoms with Gasteiger partial charge in [-0.25, -0.2) is 0 Å². The van der Waals surface area contributed by atoms with Crippen molar-refractivity contribution in [2.75, 3.05) is 20.1 Å². The van der Waals surface area contributed by atoms with E-state index in [4.69, 9.17) is 4.74 Å². The molecule has 0 aliphatic carbocycles. The Morgan fingerprint density at radius 2 is 2.12 bits per heavy atom. The Balaban J connectivity index is 2.06. The molecule has 1 aliphatic heterocycles. The summed E-state index contributed by atoms with van der Waals surface area (Å²) in [6.45, 7) is 1.68. The summed E-state index contributed by atoms with van der Waals surface area (Å²) >= 11 is 0. The van der Waals surface area contributed by atoms with E-state index in [0.29, 0.717) is 5.75 Å². The van der Waals surface area contributed by atoms with Crippen LogP contribution in [0.4, 0.5) is 13.2 Å². The van der Waals surface area contributed by atoms with Gasteiger partial charge in [0.25, 0.3) is 0 Å². The van der Waals surface area contributed by atoms with Crippen LogP contribution in [0.5, 0.6) is 5.75 Å². The van der Waals surface area contributed by atoms with E-state index in [2.05, 4.69) is 4.90 Å². The minimum atomic E-state index is -4.31. The molecule has 1 unspecified atom stereocenters. The fourth-order valence-corrected chi connectivity index (χ4v) is 1.93. The molecule has 2 rings (SSSR count). The van der Waals surface area contributed by atoms with E-state index in [1.807, 2.05) is 7.05 Å². The molecule has 2 nitrogen and oxygen atoms in total. The van der Waals surface area contributed by atoms with Crippen LogP contribution >= 0.6 is 0 Å². The zero-order valence-electron chi connectivity index (χ0n) is 9.50. The Kier molecular flexibility index (Phi) is 3.28. The first-order valence-electron chi connectivity index (χ1n) is 5.47. The lowest BCUT2D eigenvalue weighted by Crippen LogP contribution is -2.21. The SMILES string of the molecule is CN1CCC(Oc2cccc(C(F)(F)F)c2)C1. The van der Waals surface area contributed by atoms with Gasteiger partial charge in [0.05, 0.1) is 5.56 Å². The Hall–Kier alpha value is -1.23. The van der Waals surface area contributed by atoms with Crippen LogP contribution in [0.1, 0.15) is 12.0 Å². The molecular weight excluding hydrogens is 231 g/mol. The van der Waals surface area contributed by atoms with Crippen LogP contribution in [0, 0.1) is 0 Å². The van der Waals surface area contributed by atoms with E-state index in [0.717, 1.165) is 31.6 Å². The van der Waals surface area contributed by atoms with Gasteiger partial charge in [-0.3, -0.25) is 0 Å². The van der Waals surface area contributed by atoms with E-state index in [-0.39, 0.29) is 6.10 Å². The molecule has 0 radical (unpaired) electrons. The van der Waals surface area contributed by atoms with Gasteiger partial charge in [-0.15, -0.1) is 0 Å². The van der Waals surface area contributed by atoms with Gasteiger partial charge in [-0.2, -0.15) is 13.2 Å². The van der Waals surface area contributed by atoms with E-state index >= 15 is 0 Å². The van der Waals surface area contributed by atoms with Crippen molar-refractivity contribution in [3.63, 3.8) is 0 Å². The number of nitrogens with zero attached hydrogens (tertiary/aromatic N) is 1. The number of rotatable bonds is 2. The molecule has 0 amide bonds. The standard InChI is InChI=1S/C12H14F3NO/c1-16-6-5-11(8-16)17-10-4-2-3-9(7-10)12(13,14)15/h2-4,7,11H,5-6,8H2,1H3. The second-order valence-electron chi connectivity index (χ2n) is 4.32. The summed E-state index contributed by atoms with van der Waals surface area (Å²) in [5.74, 6) is 0.292. The van der Waals surface area contributed by atoms with Crippen molar-refractivity contribution in [3.8, 4) is 5.75 Å². The van der Waals surface area contributed by atoms with E-state index in [1.165, 1.54) is 6.07 Å². The summed E-state index contributed by atoms with van der Waals surface area (Å²) < 4.78 is 43.0. The topological polar surface area (TPSA) is 12.5 Å². The zero-order valence-corrected chi connectivity index (χ0v) is 9.50. The highest BCUT2D eigenvalue weighted by Crippen LogP contribution is 2.31. The number of alkyl halides is 3. The van der Waals surface area contributed by atoms with Crippen LogP contribution < -0.4 is 4.74 Å². The third-order valence-electron chi connectivity index (χ3n) is 2.81. The highest BCUT2D eigenvalue weighted by Gasteiger charge is 2.31. The van der Waals surface area contributed by atoms with Crippen molar-refractivity contribution in [2.45, 2.75) is 18.7 Å². The monoisotopic (exact) mass is 245 g/mol. The van der Waals surface area contributed by atoms with Crippen molar-refractivity contribution in [3.05, 3.63) is 29.8 Å². The van der Waals surface area contributed by atoms with Gasteiger partial charge in [-0.05, 0) is 31.7 Å². The number of hydrogen-bond acceptors (Lipinski definition) is 2. The first kappa shape index (κ1) is 12.2. The maximum atomic E-state index is 12.5. The normalized spacial score (nSPS) is 21.8. The molecule has 1 aromatic rings. The number of likely N-dealkylation sites (N-methyl/N-ethyl adjacent to an activating group) is 1. The van der Waals surface area contributed by atoms with Gasteiger partial charge >= 0.3 is 6.18 Å². The van der Waals surface area contributed by atoms with Gasteiger partial charge in [0, 0.05) is 13.1 Å². The Bertz CT molecular complexity index is 392. The van der Waals surface area contributed by atoms with Crippen molar-refractivity contribution < 1.29 is 17.9 Å². The molecule has 1 atom stereocenters. The highest BCUT2D eigenvalue weighted by molar-refractivity contribution is 5.30. The van der Waals surface area contributed by atoms with Crippen LogP contribution in [0.25, 0.3) is 0 Å². The van der Waals surface area contributed by atoms with Crippen molar-refractivity contribution in [1.82, 2.24) is 4.90 Å². The number of likely N-dealkylation sites (tertiary alicyclic amines) is 1. The molecule has 94 valence electrons. The predicted octanol–water partition coefficient (Wildman–Crippen LogP) is 2.79. The third kappa shape index (κ3) is 3.12. The van der Waals surface area contributed by atoms with Crippen LogP contribution in [-0.4, -0.2) is 31.1 Å². The summed E-state index contributed by atoms with van der Waals surface area (Å²) in [6, 6.07) is 5.04. The minimum Gasteiger partial charge on any atom is -0.489 e. The fraction of sp³-hybridized carbons (Fsp3) is 0.500. The average molecular weight is 245 g/mol. The molecule has 0 bridgehead atoms. The molecule has 0 saturated carbocycles. The lowest BCUT2D eigenvalue weighted by atomic mass is 10.2. The van der Waals surface area contributed by atoms with Gasteiger partial charge < -0.3 is 9.64 Å². The lowest BCUT2D eigenvalue weighted by molar-refractivity contribution is -0.137. The van der Waals surface area contributed by atoms with Crippen LogP contribution in [0.3, 0.4) is 0 Å². The molecule has 1 heterocycles. The molecule has 0 N–H and O–H groups in total. The second-order valence-corrected chi connectivity index (χ2v) is 4.32. The Morgan fingerprint density at radius 3 is 2.71 bits per heavy atom. The maximum absolute atomic E-state index is 12.5. The van der Waals surface area contributed by atoms with Crippen LogP contribution in [-0.2, 0) is 6.18 Å². The predicted molar refractivity (Wildman–Crippen MR) is 58.0 cm³/mol. The summed E-state index contributed by atoms with van der Waals surface area (Å²) in [6.07, 6.45) is -3.47. The first-order valence-corrected chi connectivity index (χ1v) is 5.47. The van der Waals surface area contributed by atoms with Gasteiger partial charge in [0.1, 0.15) is 11.9 Å². The molecule has 1 aliphatic rings. The first-order chi connectivity index (χ1) is 7.95. The summed E-state index contributed by atoms with van der Waals surface area (Å²) in [4.78, 5) is 2.10. The van der Waals surface area contributed by atoms with E-state index < -0.39 is 11.7 Å². The fourth-order valence-electron chi connectivity index (χ4n) is 1.93.